The third-order valence-corrected chi connectivity index (χ3v) is 7.67. The topological polar surface area (TPSA) is 81.5 Å². The maximum absolute atomic E-state index is 13.4. The van der Waals surface area contributed by atoms with Gasteiger partial charge in [0.2, 0.25) is 10.0 Å². The molecule has 4 rings (SSSR count). The van der Waals surface area contributed by atoms with Crippen molar-refractivity contribution in [1.29, 1.82) is 0 Å². The lowest BCUT2D eigenvalue weighted by Gasteiger charge is -2.38. The minimum Gasteiger partial charge on any atom is -0.464 e. The lowest BCUT2D eigenvalue weighted by molar-refractivity contribution is 0.0588. The fraction of sp³-hybridized carbons (Fsp3) is 0.474. The van der Waals surface area contributed by atoms with E-state index in [9.17, 15) is 13.2 Å². The molecule has 2 aliphatic heterocycles. The first-order valence-corrected chi connectivity index (χ1v) is 10.6. The third-order valence-electron chi connectivity index (χ3n) is 5.67. The van der Waals surface area contributed by atoms with E-state index in [2.05, 4.69) is 17.2 Å². The summed E-state index contributed by atoms with van der Waals surface area (Å²) in [5.41, 5.74) is 1.12. The molecular weight excluding hydrogens is 366 g/mol. The Morgan fingerprint density at radius 1 is 1.15 bits per heavy atom. The number of aromatic nitrogens is 2. The van der Waals surface area contributed by atoms with E-state index < -0.39 is 16.0 Å². The largest absolute Gasteiger partial charge is 0.464 e. The van der Waals surface area contributed by atoms with Gasteiger partial charge in [-0.3, -0.25) is 4.68 Å². The molecule has 3 heterocycles. The van der Waals surface area contributed by atoms with Crippen LogP contribution in [0.1, 0.15) is 47.7 Å². The van der Waals surface area contributed by atoms with Crippen molar-refractivity contribution in [3.63, 3.8) is 0 Å². The summed E-state index contributed by atoms with van der Waals surface area (Å²) >= 11 is 0. The Hall–Kier alpha value is -2.19. The minimum absolute atomic E-state index is 0.0512. The van der Waals surface area contributed by atoms with Crippen LogP contribution in [-0.2, 0) is 21.8 Å². The number of esters is 1. The summed E-state index contributed by atoms with van der Waals surface area (Å²) in [6.45, 7) is 0. The number of piperidine rings is 1. The Morgan fingerprint density at radius 3 is 2.37 bits per heavy atom. The number of rotatable bonds is 4. The van der Waals surface area contributed by atoms with Gasteiger partial charge < -0.3 is 4.74 Å². The number of hydrogen-bond donors (Lipinski definition) is 0. The molecule has 8 heteroatoms. The number of benzene rings is 1. The third kappa shape index (κ3) is 3.06. The Labute approximate surface area is 159 Å². The molecular formula is C19H23N3O4S. The van der Waals surface area contributed by atoms with E-state index >= 15 is 0 Å². The number of fused-ring (bicyclic) bond motifs is 2. The van der Waals surface area contributed by atoms with Gasteiger partial charge in [-0.1, -0.05) is 30.3 Å². The summed E-state index contributed by atoms with van der Waals surface area (Å²) in [6, 6.07) is 10.2. The Kier molecular flexibility index (Phi) is 4.55. The molecule has 0 amide bonds. The summed E-state index contributed by atoms with van der Waals surface area (Å²) in [5, 5.41) is 4.01. The molecule has 0 radical (unpaired) electrons. The van der Waals surface area contributed by atoms with Crippen LogP contribution in [0.5, 0.6) is 0 Å². The number of nitrogens with zero attached hydrogens (tertiary/aromatic N) is 3. The number of carbonyl (C=O) groups excluding carboxylic acids is 1. The molecule has 1 aromatic carbocycles. The van der Waals surface area contributed by atoms with Gasteiger partial charge in [0, 0.05) is 25.3 Å². The second kappa shape index (κ2) is 6.76. The predicted octanol–water partition coefficient (Wildman–Crippen LogP) is 2.31. The van der Waals surface area contributed by atoms with E-state index in [1.54, 1.807) is 11.4 Å². The van der Waals surface area contributed by atoms with Crippen LogP contribution < -0.4 is 0 Å². The van der Waals surface area contributed by atoms with Crippen molar-refractivity contribution in [1.82, 2.24) is 14.1 Å². The molecule has 3 atom stereocenters. The minimum atomic E-state index is -3.82. The highest BCUT2D eigenvalue weighted by molar-refractivity contribution is 7.89. The molecule has 2 aliphatic rings. The van der Waals surface area contributed by atoms with Gasteiger partial charge in [0.1, 0.15) is 4.90 Å². The smallest absolute Gasteiger partial charge is 0.359 e. The van der Waals surface area contributed by atoms with E-state index in [4.69, 9.17) is 4.74 Å². The fourth-order valence-corrected chi connectivity index (χ4v) is 6.58. The summed E-state index contributed by atoms with van der Waals surface area (Å²) in [4.78, 5) is 11.9. The standard InChI is InChI=1S/C19H23N3O4S/c1-21-12-17(18(20-21)19(23)26-2)27(24,25)22-15-8-9-16(22)11-14(10-15)13-6-4-3-5-7-13/h3-7,12,14-16H,8-11H2,1-2H3/t14?,15-,16+. The molecule has 0 N–H and O–H groups in total. The van der Waals surface area contributed by atoms with Crippen molar-refractivity contribution >= 4 is 16.0 Å². The molecule has 2 bridgehead atoms. The van der Waals surface area contributed by atoms with Crippen LogP contribution in [0.3, 0.4) is 0 Å². The average Bonchev–Trinajstić information content (AvgIpc) is 3.20. The second-order valence-electron chi connectivity index (χ2n) is 7.31. The van der Waals surface area contributed by atoms with Crippen LogP contribution in [0.25, 0.3) is 0 Å². The first kappa shape index (κ1) is 18.2. The number of carbonyl (C=O) groups is 1. The van der Waals surface area contributed by atoms with Crippen molar-refractivity contribution < 1.29 is 17.9 Å². The van der Waals surface area contributed by atoms with Gasteiger partial charge in [-0.25, -0.2) is 13.2 Å². The van der Waals surface area contributed by atoms with Crippen LogP contribution in [0.2, 0.25) is 0 Å². The predicted molar refractivity (Wildman–Crippen MR) is 98.8 cm³/mol. The van der Waals surface area contributed by atoms with Crippen molar-refractivity contribution in [2.45, 2.75) is 48.6 Å². The van der Waals surface area contributed by atoms with Crippen LogP contribution >= 0.6 is 0 Å². The van der Waals surface area contributed by atoms with Gasteiger partial charge in [-0.2, -0.15) is 9.40 Å². The number of methoxy groups -OCH3 is 1. The van der Waals surface area contributed by atoms with Crippen LogP contribution in [0.4, 0.5) is 0 Å². The summed E-state index contributed by atoms with van der Waals surface area (Å²) in [6.07, 6.45) is 4.69. The van der Waals surface area contributed by atoms with Gasteiger partial charge in [-0.15, -0.1) is 0 Å². The van der Waals surface area contributed by atoms with Crippen LogP contribution in [0.15, 0.2) is 41.4 Å². The summed E-state index contributed by atoms with van der Waals surface area (Å²) in [7, 11) is -0.996. The van der Waals surface area contributed by atoms with Gasteiger partial charge >= 0.3 is 5.97 Å². The molecule has 1 unspecified atom stereocenters. The molecule has 27 heavy (non-hydrogen) atoms. The van der Waals surface area contributed by atoms with Gasteiger partial charge in [0.05, 0.1) is 7.11 Å². The molecule has 0 aliphatic carbocycles. The van der Waals surface area contributed by atoms with E-state index in [0.29, 0.717) is 5.92 Å². The number of sulfonamides is 1. The van der Waals surface area contributed by atoms with E-state index in [1.165, 1.54) is 23.6 Å². The Balaban J connectivity index is 1.66. The Morgan fingerprint density at radius 2 is 1.78 bits per heavy atom. The molecule has 1 aromatic heterocycles. The first-order valence-electron chi connectivity index (χ1n) is 9.12. The van der Waals surface area contributed by atoms with Crippen molar-refractivity contribution in [3.05, 3.63) is 47.8 Å². The first-order chi connectivity index (χ1) is 12.9. The highest BCUT2D eigenvalue weighted by Gasteiger charge is 2.48. The van der Waals surface area contributed by atoms with Crippen LogP contribution in [0, 0.1) is 0 Å². The number of hydrogen-bond acceptors (Lipinski definition) is 5. The van der Waals surface area contributed by atoms with Crippen molar-refractivity contribution in [3.8, 4) is 0 Å². The molecule has 2 saturated heterocycles. The van der Waals surface area contributed by atoms with Gasteiger partial charge in [0.15, 0.2) is 5.69 Å². The maximum atomic E-state index is 13.4. The van der Waals surface area contributed by atoms with E-state index in [0.717, 1.165) is 25.7 Å². The average molecular weight is 389 g/mol. The zero-order valence-corrected chi connectivity index (χ0v) is 16.2. The normalized spacial score (nSPS) is 25.5. The lowest BCUT2D eigenvalue weighted by Crippen LogP contribution is -2.46. The number of ether oxygens (including phenoxy) is 1. The number of aryl methyl sites for hydroxylation is 1. The fourth-order valence-electron chi connectivity index (χ4n) is 4.53. The van der Waals surface area contributed by atoms with Crippen molar-refractivity contribution in [2.75, 3.05) is 7.11 Å². The quantitative estimate of drug-likeness (QED) is 0.750. The zero-order valence-electron chi connectivity index (χ0n) is 15.4. The highest BCUT2D eigenvalue weighted by Crippen LogP contribution is 2.45. The molecule has 2 aromatic rings. The summed E-state index contributed by atoms with van der Waals surface area (Å²) in [5.74, 6) is -0.371. The highest BCUT2D eigenvalue weighted by atomic mass is 32.2. The van der Waals surface area contributed by atoms with Crippen molar-refractivity contribution in [2.24, 2.45) is 7.05 Å². The SMILES string of the molecule is COC(=O)c1nn(C)cc1S(=O)(=O)N1[C@@H]2CC[C@H]1CC(c1ccccc1)C2. The lowest BCUT2D eigenvalue weighted by atomic mass is 9.86. The maximum Gasteiger partial charge on any atom is 0.359 e. The molecule has 2 fully saturated rings. The summed E-state index contributed by atoms with van der Waals surface area (Å²) < 4.78 is 34.5. The molecule has 0 spiro atoms. The van der Waals surface area contributed by atoms with E-state index in [1.807, 2.05) is 18.2 Å². The Bertz CT molecular complexity index is 941. The zero-order chi connectivity index (χ0) is 19.2. The monoisotopic (exact) mass is 389 g/mol. The van der Waals surface area contributed by atoms with E-state index in [-0.39, 0.29) is 22.7 Å². The molecule has 0 saturated carbocycles. The second-order valence-corrected chi connectivity index (χ2v) is 9.12. The van der Waals surface area contributed by atoms with Crippen LogP contribution in [-0.4, -0.2) is 47.7 Å². The van der Waals surface area contributed by atoms with Gasteiger partial charge in [-0.05, 0) is 37.2 Å². The molecule has 144 valence electrons. The van der Waals surface area contributed by atoms with Gasteiger partial charge in [0.25, 0.3) is 0 Å². The molecule has 7 nitrogen and oxygen atoms in total.